The summed E-state index contributed by atoms with van der Waals surface area (Å²) in [6, 6.07) is 7.66. The Labute approximate surface area is 219 Å². The number of aliphatic hydroxyl groups is 1. The van der Waals surface area contributed by atoms with Crippen molar-refractivity contribution >= 4 is 28.6 Å². The van der Waals surface area contributed by atoms with Crippen LogP contribution < -0.4 is 4.74 Å². The molecule has 7 heteroatoms. The van der Waals surface area contributed by atoms with Crippen molar-refractivity contribution in [3.8, 4) is 5.75 Å². The number of carboxylic acid groups (broad SMARTS) is 1. The number of pyridine rings is 1. The highest BCUT2D eigenvalue weighted by atomic mass is 32.2. The lowest BCUT2D eigenvalue weighted by Crippen LogP contribution is -2.42. The minimum absolute atomic E-state index is 0.225. The van der Waals surface area contributed by atoms with E-state index in [9.17, 15) is 15.0 Å². The molecule has 0 unspecified atom stereocenters. The quantitative estimate of drug-likeness (QED) is 0.363. The molecule has 0 spiro atoms. The molecule has 1 aromatic carbocycles. The fourth-order valence-electron chi connectivity index (χ4n) is 6.05. The van der Waals surface area contributed by atoms with E-state index in [0.717, 1.165) is 66.4 Å². The highest BCUT2D eigenvalue weighted by Crippen LogP contribution is 2.35. The standard InChI is InChI=1S/C29H42N2O4S/c1-35-23-9-10-27-26(19-23)25(13-15-30-27)28(32)11-7-21-14-16-31(20-22(21)8-12-29(33)34)17-18-36-24-5-3-2-4-6-24/h9-10,13,15,19,21-22,24,28,32H,2-8,11-12,14,16-18,20H2,1H3,(H,33,34)/t21-,22-,28-/m1/s1. The third kappa shape index (κ3) is 7.59. The number of carbonyl (C=O) groups is 1. The van der Waals surface area contributed by atoms with E-state index in [-0.39, 0.29) is 6.42 Å². The van der Waals surface area contributed by atoms with Crippen molar-refractivity contribution in [3.05, 3.63) is 36.0 Å². The van der Waals surface area contributed by atoms with Crippen LogP contribution in [0, 0.1) is 11.8 Å². The number of methoxy groups -OCH3 is 1. The molecular formula is C29H42N2O4S. The molecule has 0 bridgehead atoms. The van der Waals surface area contributed by atoms with Crippen LogP contribution in [-0.2, 0) is 4.79 Å². The first-order chi connectivity index (χ1) is 17.5. The lowest BCUT2D eigenvalue weighted by Gasteiger charge is -2.39. The van der Waals surface area contributed by atoms with Gasteiger partial charge in [0, 0.05) is 42.1 Å². The molecule has 0 radical (unpaired) electrons. The van der Waals surface area contributed by atoms with Crippen LogP contribution >= 0.6 is 11.8 Å². The van der Waals surface area contributed by atoms with Gasteiger partial charge in [0.15, 0.2) is 0 Å². The highest BCUT2D eigenvalue weighted by molar-refractivity contribution is 7.99. The lowest BCUT2D eigenvalue weighted by molar-refractivity contribution is -0.137. The van der Waals surface area contributed by atoms with Gasteiger partial charge >= 0.3 is 5.97 Å². The SMILES string of the molecule is COc1ccc2nccc([C@H](O)CC[C@@H]3CCN(CCSC4CCCCC4)C[C@H]3CCC(=O)O)c2c1. The number of rotatable bonds is 12. The summed E-state index contributed by atoms with van der Waals surface area (Å²) < 4.78 is 5.38. The Balaban J connectivity index is 1.33. The summed E-state index contributed by atoms with van der Waals surface area (Å²) in [6.45, 7) is 3.16. The number of nitrogens with zero attached hydrogens (tertiary/aromatic N) is 2. The summed E-state index contributed by atoms with van der Waals surface area (Å²) in [6.07, 6.45) is 11.7. The van der Waals surface area contributed by atoms with Crippen molar-refractivity contribution in [2.24, 2.45) is 11.8 Å². The molecule has 0 amide bonds. The summed E-state index contributed by atoms with van der Waals surface area (Å²) in [4.78, 5) is 18.3. The largest absolute Gasteiger partial charge is 0.497 e. The number of aliphatic hydroxyl groups excluding tert-OH is 1. The molecule has 2 heterocycles. The van der Waals surface area contributed by atoms with Gasteiger partial charge in [-0.2, -0.15) is 11.8 Å². The average molecular weight is 515 g/mol. The first kappa shape index (κ1) is 27.2. The lowest BCUT2D eigenvalue weighted by atomic mass is 9.79. The maximum absolute atomic E-state index is 11.3. The average Bonchev–Trinajstić information content (AvgIpc) is 2.91. The van der Waals surface area contributed by atoms with Gasteiger partial charge in [0.2, 0.25) is 0 Å². The van der Waals surface area contributed by atoms with Crippen LogP contribution in [0.25, 0.3) is 10.9 Å². The van der Waals surface area contributed by atoms with Gasteiger partial charge in [-0.1, -0.05) is 19.3 Å². The minimum atomic E-state index is -0.712. The smallest absolute Gasteiger partial charge is 0.303 e. The molecule has 2 aromatic rings. The van der Waals surface area contributed by atoms with Crippen molar-refractivity contribution in [1.29, 1.82) is 0 Å². The van der Waals surface area contributed by atoms with Crippen LogP contribution in [0.3, 0.4) is 0 Å². The third-order valence-electron chi connectivity index (χ3n) is 8.17. The van der Waals surface area contributed by atoms with Crippen LogP contribution in [0.4, 0.5) is 0 Å². The number of thioether (sulfide) groups is 1. The zero-order valence-electron chi connectivity index (χ0n) is 21.6. The second kappa shape index (κ2) is 13.6. The van der Waals surface area contributed by atoms with Gasteiger partial charge in [-0.3, -0.25) is 9.78 Å². The summed E-state index contributed by atoms with van der Waals surface area (Å²) >= 11 is 2.14. The molecule has 4 rings (SSSR count). The number of carboxylic acids is 1. The molecule has 1 aliphatic carbocycles. The number of aromatic nitrogens is 1. The van der Waals surface area contributed by atoms with Gasteiger partial charge in [0.1, 0.15) is 5.75 Å². The molecule has 36 heavy (non-hydrogen) atoms. The van der Waals surface area contributed by atoms with E-state index in [1.807, 2.05) is 24.3 Å². The van der Waals surface area contributed by atoms with E-state index >= 15 is 0 Å². The first-order valence-corrected chi connectivity index (χ1v) is 14.7. The van der Waals surface area contributed by atoms with Crippen molar-refractivity contribution < 1.29 is 19.7 Å². The van der Waals surface area contributed by atoms with Crippen molar-refractivity contribution in [1.82, 2.24) is 9.88 Å². The molecule has 1 aromatic heterocycles. The van der Waals surface area contributed by atoms with Gasteiger partial charge in [0.25, 0.3) is 0 Å². The Morgan fingerprint density at radius 2 is 2.00 bits per heavy atom. The van der Waals surface area contributed by atoms with E-state index in [1.54, 1.807) is 13.3 Å². The molecule has 6 nitrogen and oxygen atoms in total. The molecule has 198 valence electrons. The number of hydrogen-bond acceptors (Lipinski definition) is 6. The van der Waals surface area contributed by atoms with Crippen LogP contribution in [-0.4, -0.2) is 63.8 Å². The Kier molecular flexibility index (Phi) is 10.3. The molecule has 1 saturated heterocycles. The first-order valence-electron chi connectivity index (χ1n) is 13.7. The fourth-order valence-corrected chi connectivity index (χ4v) is 7.41. The van der Waals surface area contributed by atoms with Crippen molar-refractivity contribution in [3.63, 3.8) is 0 Å². The topological polar surface area (TPSA) is 82.9 Å². The number of piperidine rings is 1. The van der Waals surface area contributed by atoms with E-state index < -0.39 is 12.1 Å². The third-order valence-corrected chi connectivity index (χ3v) is 9.53. The Hall–Kier alpha value is -1.83. The van der Waals surface area contributed by atoms with Gasteiger partial charge in [-0.15, -0.1) is 0 Å². The van der Waals surface area contributed by atoms with Gasteiger partial charge in [-0.25, -0.2) is 0 Å². The Morgan fingerprint density at radius 1 is 1.17 bits per heavy atom. The van der Waals surface area contributed by atoms with Crippen LogP contribution in [0.5, 0.6) is 5.75 Å². The predicted octanol–water partition coefficient (Wildman–Crippen LogP) is 5.93. The highest BCUT2D eigenvalue weighted by Gasteiger charge is 2.30. The fraction of sp³-hybridized carbons (Fsp3) is 0.655. The molecule has 1 aliphatic heterocycles. The molecule has 1 saturated carbocycles. The van der Waals surface area contributed by atoms with E-state index in [4.69, 9.17) is 4.74 Å². The van der Waals surface area contributed by atoms with Crippen molar-refractivity contribution in [2.75, 3.05) is 32.5 Å². The number of hydrogen-bond donors (Lipinski definition) is 2. The van der Waals surface area contributed by atoms with E-state index in [0.29, 0.717) is 18.3 Å². The normalized spacial score (nSPS) is 22.5. The monoisotopic (exact) mass is 514 g/mol. The summed E-state index contributed by atoms with van der Waals surface area (Å²) in [7, 11) is 1.64. The van der Waals surface area contributed by atoms with Crippen LogP contribution in [0.2, 0.25) is 0 Å². The van der Waals surface area contributed by atoms with Crippen LogP contribution in [0.15, 0.2) is 30.5 Å². The Bertz CT molecular complexity index is 981. The van der Waals surface area contributed by atoms with Gasteiger partial charge < -0.3 is 19.8 Å². The number of likely N-dealkylation sites (tertiary alicyclic amines) is 1. The molecule has 2 fully saturated rings. The Morgan fingerprint density at radius 3 is 2.78 bits per heavy atom. The number of benzene rings is 1. The minimum Gasteiger partial charge on any atom is -0.497 e. The maximum atomic E-state index is 11.3. The maximum Gasteiger partial charge on any atom is 0.303 e. The number of aliphatic carboxylic acids is 1. The number of ether oxygens (including phenoxy) is 1. The molecular weight excluding hydrogens is 472 g/mol. The zero-order chi connectivity index (χ0) is 25.3. The van der Waals surface area contributed by atoms with Crippen LogP contribution in [0.1, 0.15) is 75.9 Å². The summed E-state index contributed by atoms with van der Waals surface area (Å²) in [5.41, 5.74) is 1.74. The zero-order valence-corrected chi connectivity index (χ0v) is 22.4. The molecule has 2 N–H and O–H groups in total. The summed E-state index contributed by atoms with van der Waals surface area (Å²) in [5.74, 6) is 2.04. The molecule has 2 aliphatic rings. The second-order valence-corrected chi connectivity index (χ2v) is 12.0. The van der Waals surface area contributed by atoms with E-state index in [2.05, 4.69) is 21.6 Å². The number of fused-ring (bicyclic) bond motifs is 1. The van der Waals surface area contributed by atoms with E-state index in [1.165, 1.54) is 37.9 Å². The summed E-state index contributed by atoms with van der Waals surface area (Å²) in [5, 5.41) is 22.2. The van der Waals surface area contributed by atoms with Crippen molar-refractivity contribution in [2.45, 2.75) is 75.6 Å². The second-order valence-electron chi connectivity index (χ2n) is 10.5. The van der Waals surface area contributed by atoms with Gasteiger partial charge in [0.05, 0.1) is 18.7 Å². The molecule has 3 atom stereocenters. The predicted molar refractivity (Wildman–Crippen MR) is 147 cm³/mol. The van der Waals surface area contributed by atoms with Gasteiger partial charge in [-0.05, 0) is 86.7 Å².